The molecular formula is C24H29ClFN5O3S. The summed E-state index contributed by atoms with van der Waals surface area (Å²) in [5.74, 6) is -0.0776. The van der Waals surface area contributed by atoms with Crippen molar-refractivity contribution in [3.63, 3.8) is 0 Å². The highest BCUT2D eigenvalue weighted by Gasteiger charge is 2.28. The third-order valence-electron chi connectivity index (χ3n) is 5.70. The van der Waals surface area contributed by atoms with Crippen molar-refractivity contribution in [2.45, 2.75) is 37.2 Å². The predicted molar refractivity (Wildman–Crippen MR) is 137 cm³/mol. The lowest BCUT2D eigenvalue weighted by molar-refractivity contribution is 0.0827. The molecule has 0 unspecified atom stereocenters. The van der Waals surface area contributed by atoms with Gasteiger partial charge in [-0.15, -0.1) is 12.4 Å². The molecule has 1 amide bonds. The zero-order valence-corrected chi connectivity index (χ0v) is 21.4. The van der Waals surface area contributed by atoms with Gasteiger partial charge in [0.1, 0.15) is 11.7 Å². The van der Waals surface area contributed by atoms with Crippen molar-refractivity contribution in [1.82, 2.24) is 19.2 Å². The Balaban J connectivity index is 0.00000342. The van der Waals surface area contributed by atoms with Crippen LogP contribution >= 0.6 is 12.4 Å². The maximum Gasteiger partial charge on any atom is 0.253 e. The van der Waals surface area contributed by atoms with Crippen LogP contribution in [0.15, 0.2) is 53.2 Å². The average Bonchev–Trinajstić information content (AvgIpc) is 3.54. The van der Waals surface area contributed by atoms with E-state index in [9.17, 15) is 17.6 Å². The fourth-order valence-corrected chi connectivity index (χ4v) is 5.15. The molecule has 35 heavy (non-hydrogen) atoms. The van der Waals surface area contributed by atoms with Crippen LogP contribution in [0.1, 0.15) is 29.0 Å². The van der Waals surface area contributed by atoms with Gasteiger partial charge in [0.25, 0.3) is 5.91 Å². The number of aryl methyl sites for hydroxylation is 1. The van der Waals surface area contributed by atoms with Gasteiger partial charge in [0, 0.05) is 37.8 Å². The fraction of sp³-hybridized carbons (Fsp3) is 0.333. The van der Waals surface area contributed by atoms with E-state index in [0.717, 1.165) is 12.8 Å². The SMILES string of the molecule is Cc1nc2c(-c3cccc(S(=O)(=O)NC4CC4)c3)cc(C(=O)N(C)C)cc2n1C/C(F)=C/CN.Cl. The van der Waals surface area contributed by atoms with Crippen LogP contribution < -0.4 is 10.5 Å². The summed E-state index contributed by atoms with van der Waals surface area (Å²) in [6.45, 7) is 1.76. The van der Waals surface area contributed by atoms with E-state index in [1.54, 1.807) is 55.9 Å². The molecule has 2 aromatic carbocycles. The maximum absolute atomic E-state index is 14.4. The highest BCUT2D eigenvalue weighted by atomic mass is 35.5. The number of carbonyl (C=O) groups is 1. The molecule has 11 heteroatoms. The van der Waals surface area contributed by atoms with Gasteiger partial charge in [-0.25, -0.2) is 22.5 Å². The summed E-state index contributed by atoms with van der Waals surface area (Å²) in [6, 6.07) is 9.93. The molecule has 0 radical (unpaired) electrons. The number of hydrogen-bond donors (Lipinski definition) is 2. The van der Waals surface area contributed by atoms with Crippen molar-refractivity contribution in [3.8, 4) is 11.1 Å². The first-order valence-electron chi connectivity index (χ1n) is 11.0. The number of aromatic nitrogens is 2. The van der Waals surface area contributed by atoms with Crippen molar-refractivity contribution in [1.29, 1.82) is 0 Å². The Hall–Kier alpha value is -2.79. The van der Waals surface area contributed by atoms with Gasteiger partial charge in [0.15, 0.2) is 0 Å². The van der Waals surface area contributed by atoms with Gasteiger partial charge in [-0.2, -0.15) is 0 Å². The van der Waals surface area contributed by atoms with Crippen molar-refractivity contribution < 1.29 is 17.6 Å². The third-order valence-corrected chi connectivity index (χ3v) is 7.22. The molecule has 0 bridgehead atoms. The highest BCUT2D eigenvalue weighted by Crippen LogP contribution is 2.33. The molecule has 4 rings (SSSR count). The Kier molecular flexibility index (Phi) is 8.00. The van der Waals surface area contributed by atoms with Gasteiger partial charge in [0.2, 0.25) is 10.0 Å². The van der Waals surface area contributed by atoms with Gasteiger partial charge in [0.05, 0.1) is 22.5 Å². The standard InChI is InChI=1S/C24H28FN5O3S.ClH/c1-15-27-23-21(16-5-4-6-20(11-16)34(32,33)28-19-7-8-19)12-17(24(31)29(2)3)13-22(23)30(15)14-18(25)9-10-26;/h4-6,9,11-13,19,28H,7-8,10,14,26H2,1-3H3;1H/b18-9-;. The van der Waals surface area contributed by atoms with E-state index in [1.807, 2.05) is 0 Å². The highest BCUT2D eigenvalue weighted by molar-refractivity contribution is 7.89. The molecule has 8 nitrogen and oxygen atoms in total. The Morgan fingerprint density at radius 1 is 1.29 bits per heavy atom. The Bertz CT molecular complexity index is 1400. The predicted octanol–water partition coefficient (Wildman–Crippen LogP) is 3.39. The molecule has 0 saturated heterocycles. The van der Waals surface area contributed by atoms with Gasteiger partial charge in [-0.3, -0.25) is 4.79 Å². The molecule has 1 saturated carbocycles. The van der Waals surface area contributed by atoms with Gasteiger partial charge >= 0.3 is 0 Å². The first kappa shape index (κ1) is 26.8. The third kappa shape index (κ3) is 5.72. The van der Waals surface area contributed by atoms with Gasteiger partial charge in [-0.05, 0) is 55.7 Å². The summed E-state index contributed by atoms with van der Waals surface area (Å²) in [6.07, 6.45) is 2.96. The lowest BCUT2D eigenvalue weighted by atomic mass is 10.0. The minimum Gasteiger partial charge on any atom is -0.345 e. The quantitative estimate of drug-likeness (QED) is 0.472. The smallest absolute Gasteiger partial charge is 0.253 e. The van der Waals surface area contributed by atoms with Gasteiger partial charge < -0.3 is 15.2 Å². The van der Waals surface area contributed by atoms with Gasteiger partial charge in [-0.1, -0.05) is 12.1 Å². The summed E-state index contributed by atoms with van der Waals surface area (Å²) < 4.78 is 44.3. The van der Waals surface area contributed by atoms with Crippen molar-refractivity contribution >= 4 is 39.4 Å². The second-order valence-electron chi connectivity index (χ2n) is 8.65. The fourth-order valence-electron chi connectivity index (χ4n) is 3.80. The second-order valence-corrected chi connectivity index (χ2v) is 10.4. The van der Waals surface area contributed by atoms with Crippen molar-refractivity contribution in [2.24, 2.45) is 5.73 Å². The molecule has 1 aliphatic rings. The molecule has 1 heterocycles. The van der Waals surface area contributed by atoms with E-state index in [0.29, 0.717) is 33.5 Å². The number of rotatable bonds is 8. The minimum atomic E-state index is -3.67. The number of nitrogens with two attached hydrogens (primary N) is 1. The van der Waals surface area contributed by atoms with Crippen molar-refractivity contribution in [2.75, 3.05) is 20.6 Å². The number of nitrogens with one attached hydrogen (secondary N) is 1. The first-order valence-corrected chi connectivity index (χ1v) is 12.5. The van der Waals surface area contributed by atoms with E-state index in [2.05, 4.69) is 9.71 Å². The largest absolute Gasteiger partial charge is 0.345 e. The number of allylic oxidation sites excluding steroid dienone is 1. The van der Waals surface area contributed by atoms with Crippen LogP contribution in [0.25, 0.3) is 22.2 Å². The molecule has 0 aliphatic heterocycles. The second kappa shape index (κ2) is 10.4. The van der Waals surface area contributed by atoms with Crippen LogP contribution in [0.2, 0.25) is 0 Å². The van der Waals surface area contributed by atoms with Crippen LogP contribution in [0, 0.1) is 6.92 Å². The molecule has 3 aromatic rings. The topological polar surface area (TPSA) is 110 Å². The summed E-state index contributed by atoms with van der Waals surface area (Å²) in [7, 11) is -0.370. The summed E-state index contributed by atoms with van der Waals surface area (Å²) in [5, 5.41) is 0. The number of nitrogens with zero attached hydrogens (tertiary/aromatic N) is 3. The monoisotopic (exact) mass is 521 g/mol. The maximum atomic E-state index is 14.4. The number of amides is 1. The molecule has 3 N–H and O–H groups in total. The van der Waals surface area contributed by atoms with E-state index < -0.39 is 15.9 Å². The number of sulfonamides is 1. The molecule has 188 valence electrons. The number of benzene rings is 2. The molecule has 1 aromatic heterocycles. The van der Waals surface area contributed by atoms with Crippen LogP contribution in [-0.2, 0) is 16.6 Å². The molecular weight excluding hydrogens is 493 g/mol. The number of halogens is 2. The molecule has 1 aliphatic carbocycles. The summed E-state index contributed by atoms with van der Waals surface area (Å²) in [4.78, 5) is 19.1. The van der Waals surface area contributed by atoms with Crippen LogP contribution in [0.5, 0.6) is 0 Å². The van der Waals surface area contributed by atoms with Crippen molar-refractivity contribution in [3.05, 3.63) is 59.7 Å². The van der Waals surface area contributed by atoms with Crippen LogP contribution in [0.4, 0.5) is 4.39 Å². The van der Waals surface area contributed by atoms with E-state index in [4.69, 9.17) is 5.73 Å². The molecule has 0 atom stereocenters. The Morgan fingerprint density at radius 3 is 2.63 bits per heavy atom. The number of imidazole rings is 1. The zero-order valence-electron chi connectivity index (χ0n) is 19.8. The van der Waals surface area contributed by atoms with Crippen LogP contribution in [0.3, 0.4) is 0 Å². The number of fused-ring (bicyclic) bond motifs is 1. The minimum absolute atomic E-state index is 0. The molecule has 0 spiro atoms. The van der Waals surface area contributed by atoms with E-state index in [-0.39, 0.29) is 42.3 Å². The first-order chi connectivity index (χ1) is 16.1. The van der Waals surface area contributed by atoms with E-state index in [1.165, 1.54) is 17.0 Å². The van der Waals surface area contributed by atoms with E-state index >= 15 is 0 Å². The lowest BCUT2D eigenvalue weighted by Crippen LogP contribution is -2.25. The Morgan fingerprint density at radius 2 is 2.00 bits per heavy atom. The number of hydrogen-bond acceptors (Lipinski definition) is 5. The lowest BCUT2D eigenvalue weighted by Gasteiger charge is -2.14. The summed E-state index contributed by atoms with van der Waals surface area (Å²) in [5.41, 5.74) is 8.15. The average molecular weight is 522 g/mol. The molecule has 1 fully saturated rings. The van der Waals surface area contributed by atoms with Crippen LogP contribution in [-0.4, -0.2) is 55.5 Å². The zero-order chi connectivity index (χ0) is 24.6. The summed E-state index contributed by atoms with van der Waals surface area (Å²) >= 11 is 0. The number of carbonyl (C=O) groups excluding carboxylic acids is 1. The Labute approximate surface area is 210 Å². The normalized spacial score (nSPS) is 14.1.